The van der Waals surface area contributed by atoms with Crippen LogP contribution in [-0.4, -0.2) is 31.4 Å². The minimum Gasteiger partial charge on any atom is -0.497 e. The van der Waals surface area contributed by atoms with E-state index in [0.717, 1.165) is 9.37 Å². The number of carbonyl (C=O) groups is 1. The van der Waals surface area contributed by atoms with Crippen molar-refractivity contribution in [2.24, 2.45) is 4.99 Å². The van der Waals surface area contributed by atoms with Gasteiger partial charge in [-0.25, -0.2) is 9.79 Å². The lowest BCUT2D eigenvalue weighted by atomic mass is 9.95. The number of rotatable bonds is 8. The number of benzene rings is 2. The average Bonchev–Trinajstić information content (AvgIpc) is 3.45. The maximum absolute atomic E-state index is 13.9. The molecule has 1 aliphatic rings. The van der Waals surface area contributed by atoms with Gasteiger partial charge in [-0.15, -0.1) is 0 Å². The fourth-order valence-electron chi connectivity index (χ4n) is 4.36. The maximum Gasteiger partial charge on any atom is 0.338 e. The molecule has 0 saturated heterocycles. The third kappa shape index (κ3) is 5.41. The van der Waals surface area contributed by atoms with E-state index >= 15 is 0 Å². The van der Waals surface area contributed by atoms with E-state index in [0.29, 0.717) is 42.9 Å². The predicted molar refractivity (Wildman–Crippen MR) is 157 cm³/mol. The number of nitrogens with zero attached hydrogens (tertiary/aromatic N) is 2. The number of esters is 1. The normalized spacial score (nSPS) is 15.0. The summed E-state index contributed by atoms with van der Waals surface area (Å²) in [5, 5.41) is 0.673. The maximum atomic E-state index is 13.9. The van der Waals surface area contributed by atoms with Crippen molar-refractivity contribution in [2.75, 3.05) is 20.8 Å². The molecule has 8 nitrogen and oxygen atoms in total. The second-order valence-electron chi connectivity index (χ2n) is 8.61. The lowest BCUT2D eigenvalue weighted by Gasteiger charge is -2.26. The molecular formula is C29H25BrN2O6S2. The Balaban J connectivity index is 1.65. The molecule has 4 aromatic rings. The van der Waals surface area contributed by atoms with E-state index in [9.17, 15) is 9.59 Å². The van der Waals surface area contributed by atoms with Gasteiger partial charge in [-0.2, -0.15) is 0 Å². The lowest BCUT2D eigenvalue weighted by molar-refractivity contribution is -0.139. The zero-order valence-corrected chi connectivity index (χ0v) is 25.3. The Bertz CT molecular complexity index is 1790. The van der Waals surface area contributed by atoms with Gasteiger partial charge in [0.2, 0.25) is 0 Å². The monoisotopic (exact) mass is 640 g/mol. The van der Waals surface area contributed by atoms with Crippen molar-refractivity contribution < 1.29 is 23.4 Å². The summed E-state index contributed by atoms with van der Waals surface area (Å²) in [5.74, 6) is 1.01. The fourth-order valence-corrected chi connectivity index (χ4v) is 6.74. The molecule has 0 unspecified atom stereocenters. The van der Waals surface area contributed by atoms with Gasteiger partial charge in [0.05, 0.1) is 41.1 Å². The van der Waals surface area contributed by atoms with Crippen LogP contribution in [0.1, 0.15) is 31.2 Å². The van der Waals surface area contributed by atoms with Crippen molar-refractivity contribution in [3.8, 4) is 11.5 Å². The van der Waals surface area contributed by atoms with Crippen LogP contribution in [-0.2, 0) is 9.53 Å². The minimum atomic E-state index is -0.814. The van der Waals surface area contributed by atoms with E-state index in [1.54, 1.807) is 45.2 Å². The van der Waals surface area contributed by atoms with Crippen LogP contribution in [0.25, 0.3) is 6.08 Å². The van der Waals surface area contributed by atoms with Crippen LogP contribution >= 0.6 is 39.0 Å². The van der Waals surface area contributed by atoms with Crippen LogP contribution < -0.4 is 24.4 Å². The number of aromatic nitrogens is 1. The Labute approximate surface area is 246 Å². The highest BCUT2D eigenvalue weighted by atomic mass is 79.9. The highest BCUT2D eigenvalue weighted by Gasteiger charge is 2.35. The summed E-state index contributed by atoms with van der Waals surface area (Å²) < 4.78 is 25.2. The van der Waals surface area contributed by atoms with Crippen molar-refractivity contribution in [3.05, 3.63) is 101 Å². The zero-order valence-electron chi connectivity index (χ0n) is 22.1. The number of fused-ring (bicyclic) bond motifs is 1. The molecule has 0 saturated carbocycles. The third-order valence-electron chi connectivity index (χ3n) is 6.15. The number of halogens is 1. The van der Waals surface area contributed by atoms with Crippen molar-refractivity contribution >= 4 is 51.1 Å². The van der Waals surface area contributed by atoms with Crippen LogP contribution in [0.5, 0.6) is 11.5 Å². The number of hydrogen-bond acceptors (Lipinski definition) is 9. The Morgan fingerprint density at radius 1 is 1.18 bits per heavy atom. The smallest absolute Gasteiger partial charge is 0.338 e. The van der Waals surface area contributed by atoms with Crippen LogP contribution in [0, 0.1) is 0 Å². The predicted octanol–water partition coefficient (Wildman–Crippen LogP) is 5.32. The Kier molecular flexibility index (Phi) is 8.34. The quantitative estimate of drug-likeness (QED) is 0.241. The second-order valence-corrected chi connectivity index (χ2v) is 11.5. The number of furan rings is 1. The number of ether oxygens (including phenoxy) is 3. The average molecular weight is 642 g/mol. The summed E-state index contributed by atoms with van der Waals surface area (Å²) in [7, 11) is 3.09. The number of carbonyl (C=O) groups excluding carboxylic acids is 1. The van der Waals surface area contributed by atoms with Crippen molar-refractivity contribution in [3.63, 3.8) is 0 Å². The Morgan fingerprint density at radius 2 is 1.95 bits per heavy atom. The SMILES string of the molecule is CCOC(=O)C1=C(C)N=c2s/c(=C/c3cc(Br)c(Sc4ccccc4)o3)c(=O)n2[C@@H]1c1ccc(OC)cc1OC. The van der Waals surface area contributed by atoms with E-state index in [-0.39, 0.29) is 17.7 Å². The van der Waals surface area contributed by atoms with Gasteiger partial charge in [0.15, 0.2) is 9.89 Å². The number of hydrogen-bond donors (Lipinski definition) is 0. The van der Waals surface area contributed by atoms with Gasteiger partial charge < -0.3 is 18.6 Å². The molecule has 0 fully saturated rings. The molecular weight excluding hydrogens is 616 g/mol. The molecule has 0 N–H and O–H groups in total. The van der Waals surface area contributed by atoms with Gasteiger partial charge in [-0.05, 0) is 60.1 Å². The van der Waals surface area contributed by atoms with E-state index in [4.69, 9.17) is 18.6 Å². The number of allylic oxidation sites excluding steroid dienone is 1. The van der Waals surface area contributed by atoms with E-state index in [1.807, 2.05) is 36.4 Å². The first-order valence-corrected chi connectivity index (χ1v) is 14.7. The molecule has 1 atom stereocenters. The second kappa shape index (κ2) is 11.9. The molecule has 11 heteroatoms. The van der Waals surface area contributed by atoms with E-state index < -0.39 is 12.0 Å². The lowest BCUT2D eigenvalue weighted by Crippen LogP contribution is -2.40. The summed E-state index contributed by atoms with van der Waals surface area (Å²) >= 11 is 6.26. The van der Waals surface area contributed by atoms with Gasteiger partial charge in [-0.1, -0.05) is 41.3 Å². The molecule has 0 amide bonds. The molecule has 206 valence electrons. The summed E-state index contributed by atoms with van der Waals surface area (Å²) in [5.41, 5.74) is 1.03. The highest BCUT2D eigenvalue weighted by Crippen LogP contribution is 2.38. The molecule has 0 bridgehead atoms. The topological polar surface area (TPSA) is 92.3 Å². The van der Waals surface area contributed by atoms with Crippen molar-refractivity contribution in [1.82, 2.24) is 4.57 Å². The van der Waals surface area contributed by atoms with Crippen LogP contribution in [0.4, 0.5) is 0 Å². The molecule has 40 heavy (non-hydrogen) atoms. The molecule has 0 radical (unpaired) electrons. The summed E-state index contributed by atoms with van der Waals surface area (Å²) in [4.78, 5) is 33.2. The molecule has 2 aromatic carbocycles. The zero-order chi connectivity index (χ0) is 28.4. The Hall–Kier alpha value is -3.54. The van der Waals surface area contributed by atoms with Gasteiger partial charge in [0.25, 0.3) is 5.56 Å². The molecule has 0 spiro atoms. The van der Waals surface area contributed by atoms with Crippen molar-refractivity contribution in [1.29, 1.82) is 0 Å². The first-order chi connectivity index (χ1) is 19.3. The third-order valence-corrected chi connectivity index (χ3v) is 8.98. The highest BCUT2D eigenvalue weighted by molar-refractivity contribution is 9.10. The van der Waals surface area contributed by atoms with Gasteiger partial charge in [0.1, 0.15) is 23.3 Å². The molecule has 1 aliphatic heterocycles. The summed E-state index contributed by atoms with van der Waals surface area (Å²) in [6, 6.07) is 16.1. The minimum absolute atomic E-state index is 0.184. The van der Waals surface area contributed by atoms with Gasteiger partial charge >= 0.3 is 5.97 Å². The van der Waals surface area contributed by atoms with Gasteiger partial charge in [0, 0.05) is 22.6 Å². The van der Waals surface area contributed by atoms with Crippen LogP contribution in [0.15, 0.2) is 94.5 Å². The number of methoxy groups -OCH3 is 2. The van der Waals surface area contributed by atoms with E-state index in [1.165, 1.54) is 34.8 Å². The molecule has 3 heterocycles. The fraction of sp³-hybridized carbons (Fsp3) is 0.207. The number of thiazole rings is 1. The summed E-state index contributed by atoms with van der Waals surface area (Å²) in [6.45, 7) is 3.66. The molecule has 2 aromatic heterocycles. The Morgan fingerprint density at radius 3 is 2.65 bits per heavy atom. The first-order valence-electron chi connectivity index (χ1n) is 12.3. The molecule has 5 rings (SSSR count). The van der Waals surface area contributed by atoms with Crippen LogP contribution in [0.3, 0.4) is 0 Å². The van der Waals surface area contributed by atoms with Crippen molar-refractivity contribution in [2.45, 2.75) is 29.9 Å². The molecule has 0 aliphatic carbocycles. The van der Waals surface area contributed by atoms with Crippen LogP contribution in [0.2, 0.25) is 0 Å². The standard InChI is InChI=1S/C29H25BrN2O6S2/c1-5-37-27(34)24-16(2)31-29-32(25(24)20-12-11-17(35-3)14-22(20)36-4)26(33)23(40-29)15-18-13-21(30)28(38-18)39-19-9-7-6-8-10-19/h6-15,25H,5H2,1-4H3/b23-15+/t25-/m1/s1. The first kappa shape index (κ1) is 28.0. The van der Waals surface area contributed by atoms with Gasteiger partial charge in [-0.3, -0.25) is 9.36 Å². The van der Waals surface area contributed by atoms with E-state index in [2.05, 4.69) is 20.9 Å². The largest absolute Gasteiger partial charge is 0.497 e. The summed E-state index contributed by atoms with van der Waals surface area (Å²) in [6.07, 6.45) is 1.69.